The van der Waals surface area contributed by atoms with Crippen LogP contribution in [0.4, 0.5) is 0 Å². The molecule has 1 heterocycles. The molecule has 8 rings (SSSR count). The first-order valence-electron chi connectivity index (χ1n) is 14.8. The normalized spacial score (nSPS) is 11.2. The van der Waals surface area contributed by atoms with E-state index in [0.717, 1.165) is 33.2 Å². The maximum atomic E-state index is 5.06. The highest BCUT2D eigenvalue weighted by Crippen LogP contribution is 2.34. The van der Waals surface area contributed by atoms with Gasteiger partial charge in [-0.25, -0.2) is 15.0 Å². The van der Waals surface area contributed by atoms with Gasteiger partial charge in [0.25, 0.3) is 0 Å². The standard InChI is InChI=1S/C41H27N3/c1-3-12-29(13-4-1)37-17-9-10-18-38(37)41-43-39(30-14-5-2-6-15-30)42-40(44-41)36-24-23-34-26-33(21-22-35(34)27-36)32-20-19-28-11-7-8-16-31(28)25-32/h1-27H. The van der Waals surface area contributed by atoms with Gasteiger partial charge in [-0.2, -0.15) is 0 Å². The van der Waals surface area contributed by atoms with Gasteiger partial charge < -0.3 is 0 Å². The van der Waals surface area contributed by atoms with Crippen LogP contribution in [-0.4, -0.2) is 15.0 Å². The van der Waals surface area contributed by atoms with E-state index < -0.39 is 0 Å². The topological polar surface area (TPSA) is 38.7 Å². The van der Waals surface area contributed by atoms with Gasteiger partial charge in [0.05, 0.1) is 0 Å². The van der Waals surface area contributed by atoms with Crippen LogP contribution in [0.25, 0.3) is 78.0 Å². The summed E-state index contributed by atoms with van der Waals surface area (Å²) in [6.07, 6.45) is 0. The third-order valence-corrected chi connectivity index (χ3v) is 8.10. The lowest BCUT2D eigenvalue weighted by atomic mass is 9.97. The Labute approximate surface area is 256 Å². The molecule has 0 saturated carbocycles. The van der Waals surface area contributed by atoms with Crippen molar-refractivity contribution in [3.63, 3.8) is 0 Å². The van der Waals surface area contributed by atoms with Gasteiger partial charge in [0.2, 0.25) is 0 Å². The van der Waals surface area contributed by atoms with E-state index in [1.54, 1.807) is 0 Å². The molecule has 3 nitrogen and oxygen atoms in total. The van der Waals surface area contributed by atoms with E-state index in [9.17, 15) is 0 Å². The van der Waals surface area contributed by atoms with Crippen LogP contribution in [0, 0.1) is 0 Å². The van der Waals surface area contributed by atoms with E-state index in [1.807, 2.05) is 42.5 Å². The molecule has 0 aliphatic carbocycles. The molecule has 0 spiro atoms. The van der Waals surface area contributed by atoms with Crippen molar-refractivity contribution in [1.29, 1.82) is 0 Å². The van der Waals surface area contributed by atoms with Crippen molar-refractivity contribution in [2.45, 2.75) is 0 Å². The van der Waals surface area contributed by atoms with Crippen LogP contribution in [0.15, 0.2) is 164 Å². The first-order valence-corrected chi connectivity index (χ1v) is 14.8. The van der Waals surface area contributed by atoms with Crippen LogP contribution in [-0.2, 0) is 0 Å². The van der Waals surface area contributed by atoms with E-state index in [-0.39, 0.29) is 0 Å². The number of benzene rings is 7. The molecule has 0 fully saturated rings. The quantitative estimate of drug-likeness (QED) is 0.210. The van der Waals surface area contributed by atoms with Gasteiger partial charge in [0.15, 0.2) is 17.5 Å². The van der Waals surface area contributed by atoms with Crippen LogP contribution < -0.4 is 0 Å². The molecule has 0 unspecified atom stereocenters. The summed E-state index contributed by atoms with van der Waals surface area (Å²) in [6, 6.07) is 57.0. The molecule has 0 aliphatic heterocycles. The Hall–Kier alpha value is -5.93. The molecule has 8 aromatic rings. The van der Waals surface area contributed by atoms with Gasteiger partial charge in [0.1, 0.15) is 0 Å². The highest BCUT2D eigenvalue weighted by atomic mass is 15.0. The van der Waals surface area contributed by atoms with E-state index in [2.05, 4.69) is 121 Å². The SMILES string of the molecule is c1ccc(-c2nc(-c3ccc4cc(-c5ccc6ccccc6c5)ccc4c3)nc(-c3ccccc3-c3ccccc3)n2)cc1. The van der Waals surface area contributed by atoms with Crippen molar-refractivity contribution in [2.75, 3.05) is 0 Å². The molecule has 0 amide bonds. The second-order valence-electron chi connectivity index (χ2n) is 10.9. The zero-order valence-electron chi connectivity index (χ0n) is 23.9. The lowest BCUT2D eigenvalue weighted by molar-refractivity contribution is 1.07. The van der Waals surface area contributed by atoms with Crippen molar-refractivity contribution in [1.82, 2.24) is 15.0 Å². The minimum Gasteiger partial charge on any atom is -0.208 e. The van der Waals surface area contributed by atoms with Crippen molar-refractivity contribution < 1.29 is 0 Å². The molecule has 3 heteroatoms. The average molecular weight is 562 g/mol. The highest BCUT2D eigenvalue weighted by molar-refractivity contribution is 5.93. The van der Waals surface area contributed by atoms with Crippen LogP contribution in [0.3, 0.4) is 0 Å². The van der Waals surface area contributed by atoms with Crippen LogP contribution >= 0.6 is 0 Å². The van der Waals surface area contributed by atoms with Crippen molar-refractivity contribution in [3.8, 4) is 56.4 Å². The molecule has 0 aliphatic rings. The van der Waals surface area contributed by atoms with Gasteiger partial charge in [-0.15, -0.1) is 0 Å². The summed E-state index contributed by atoms with van der Waals surface area (Å²) in [7, 11) is 0. The van der Waals surface area contributed by atoms with E-state index in [1.165, 1.54) is 27.3 Å². The zero-order chi connectivity index (χ0) is 29.3. The molecule has 0 atom stereocenters. The van der Waals surface area contributed by atoms with Crippen molar-refractivity contribution >= 4 is 21.5 Å². The Balaban J connectivity index is 1.24. The number of hydrogen-bond acceptors (Lipinski definition) is 3. The Morgan fingerprint density at radius 1 is 0.250 bits per heavy atom. The fraction of sp³-hybridized carbons (Fsp3) is 0. The largest absolute Gasteiger partial charge is 0.208 e. The first kappa shape index (κ1) is 25.8. The number of hydrogen-bond donors (Lipinski definition) is 0. The summed E-state index contributed by atoms with van der Waals surface area (Å²) in [6.45, 7) is 0. The van der Waals surface area contributed by atoms with E-state index in [4.69, 9.17) is 15.0 Å². The second kappa shape index (κ2) is 11.0. The Kier molecular flexibility index (Phi) is 6.47. The Morgan fingerprint density at radius 2 is 0.682 bits per heavy atom. The number of aromatic nitrogens is 3. The Morgan fingerprint density at radius 3 is 1.36 bits per heavy atom. The second-order valence-corrected chi connectivity index (χ2v) is 10.9. The predicted octanol–water partition coefficient (Wildman–Crippen LogP) is 10.5. The third kappa shape index (κ3) is 4.91. The molecular weight excluding hydrogens is 534 g/mol. The summed E-state index contributed by atoms with van der Waals surface area (Å²) >= 11 is 0. The molecular formula is C41H27N3. The van der Waals surface area contributed by atoms with Crippen LogP contribution in [0.1, 0.15) is 0 Å². The molecule has 0 radical (unpaired) electrons. The molecule has 44 heavy (non-hydrogen) atoms. The predicted molar refractivity (Wildman–Crippen MR) is 182 cm³/mol. The smallest absolute Gasteiger partial charge is 0.164 e. The monoisotopic (exact) mass is 561 g/mol. The molecule has 0 saturated heterocycles. The van der Waals surface area contributed by atoms with Crippen LogP contribution in [0.5, 0.6) is 0 Å². The lowest BCUT2D eigenvalue weighted by Crippen LogP contribution is -2.01. The molecule has 7 aromatic carbocycles. The van der Waals surface area contributed by atoms with Gasteiger partial charge >= 0.3 is 0 Å². The van der Waals surface area contributed by atoms with Crippen molar-refractivity contribution in [3.05, 3.63) is 164 Å². The lowest BCUT2D eigenvalue weighted by Gasteiger charge is -2.12. The number of nitrogens with zero attached hydrogens (tertiary/aromatic N) is 3. The highest BCUT2D eigenvalue weighted by Gasteiger charge is 2.16. The summed E-state index contributed by atoms with van der Waals surface area (Å²) < 4.78 is 0. The molecule has 1 aromatic heterocycles. The summed E-state index contributed by atoms with van der Waals surface area (Å²) in [5, 5.41) is 4.81. The number of rotatable bonds is 5. The summed E-state index contributed by atoms with van der Waals surface area (Å²) in [5.41, 5.74) is 7.50. The molecule has 0 bridgehead atoms. The molecule has 0 N–H and O–H groups in total. The van der Waals surface area contributed by atoms with E-state index in [0.29, 0.717) is 17.5 Å². The van der Waals surface area contributed by atoms with Gasteiger partial charge in [-0.05, 0) is 62.0 Å². The fourth-order valence-corrected chi connectivity index (χ4v) is 5.82. The van der Waals surface area contributed by atoms with Gasteiger partial charge in [0, 0.05) is 16.7 Å². The average Bonchev–Trinajstić information content (AvgIpc) is 3.11. The minimum absolute atomic E-state index is 0.650. The zero-order valence-corrected chi connectivity index (χ0v) is 23.9. The number of fused-ring (bicyclic) bond motifs is 2. The maximum Gasteiger partial charge on any atom is 0.164 e. The fourth-order valence-electron chi connectivity index (χ4n) is 5.82. The van der Waals surface area contributed by atoms with E-state index >= 15 is 0 Å². The summed E-state index contributed by atoms with van der Waals surface area (Å²) in [4.78, 5) is 15.0. The molecule has 206 valence electrons. The minimum atomic E-state index is 0.650. The van der Waals surface area contributed by atoms with Gasteiger partial charge in [-0.1, -0.05) is 146 Å². The first-order chi connectivity index (χ1) is 21.8. The Bertz CT molecular complexity index is 2270. The van der Waals surface area contributed by atoms with Crippen molar-refractivity contribution in [2.24, 2.45) is 0 Å². The maximum absolute atomic E-state index is 5.06. The summed E-state index contributed by atoms with van der Waals surface area (Å²) in [5.74, 6) is 1.96. The van der Waals surface area contributed by atoms with Crippen LogP contribution in [0.2, 0.25) is 0 Å². The van der Waals surface area contributed by atoms with Gasteiger partial charge in [-0.3, -0.25) is 0 Å². The third-order valence-electron chi connectivity index (χ3n) is 8.10.